The standard InChI is InChI=1S/C49H48O20/c1-62-36-24-31(8-19-35(36)53)12-22-40(55)63-25-37-43(58)45(60)46(61)48(66-37)69-49(27-65-41(56)21-10-29-4-15-33(51)16-5-29)47(67-42(57)23-11-30-6-17-34(52)18-7-30)44(59)38(68-49)26-64-39(54)20-9-28-2-13-32(50)14-3-28/h2-24,37-38,43-48,50-53,58-61H,25-27H2,1H3/t37-,38-,43-,44-,45+,46-,47+,48+,49+/m1/s1. The number of phenols is 4. The van der Waals surface area contributed by atoms with Crippen LogP contribution in [0.3, 0.4) is 0 Å². The second kappa shape index (κ2) is 23.4. The number of rotatable bonds is 18. The fourth-order valence-electron chi connectivity index (χ4n) is 6.75. The molecule has 69 heavy (non-hydrogen) atoms. The van der Waals surface area contributed by atoms with Crippen molar-refractivity contribution in [3.63, 3.8) is 0 Å². The van der Waals surface area contributed by atoms with Gasteiger partial charge in [-0.15, -0.1) is 0 Å². The zero-order valence-electron chi connectivity index (χ0n) is 36.5. The predicted molar refractivity (Wildman–Crippen MR) is 239 cm³/mol. The molecule has 0 unspecified atom stereocenters. The summed E-state index contributed by atoms with van der Waals surface area (Å²) in [6, 6.07) is 21.5. The molecule has 0 bridgehead atoms. The molecule has 0 spiro atoms. The van der Waals surface area contributed by atoms with Crippen LogP contribution in [0.25, 0.3) is 24.3 Å². The Morgan fingerprint density at radius 1 is 0.551 bits per heavy atom. The zero-order valence-corrected chi connectivity index (χ0v) is 36.5. The van der Waals surface area contributed by atoms with Crippen LogP contribution in [0.5, 0.6) is 28.7 Å². The maximum absolute atomic E-state index is 13.5. The highest BCUT2D eigenvalue weighted by Gasteiger charge is 2.62. The minimum Gasteiger partial charge on any atom is -0.508 e. The fraction of sp³-hybridized carbons (Fsp3) is 0.265. The molecule has 0 aromatic heterocycles. The summed E-state index contributed by atoms with van der Waals surface area (Å²) in [6.07, 6.45) is -6.19. The molecule has 8 N–H and O–H groups in total. The number of ether oxygens (including phenoxy) is 8. The van der Waals surface area contributed by atoms with Crippen molar-refractivity contribution in [1.82, 2.24) is 0 Å². The number of aromatic hydroxyl groups is 4. The highest BCUT2D eigenvalue weighted by atomic mass is 16.8. The lowest BCUT2D eigenvalue weighted by molar-refractivity contribution is -0.383. The highest BCUT2D eigenvalue weighted by molar-refractivity contribution is 5.89. The van der Waals surface area contributed by atoms with E-state index in [9.17, 15) is 60.0 Å². The molecule has 4 aromatic rings. The third-order valence-corrected chi connectivity index (χ3v) is 10.4. The third kappa shape index (κ3) is 14.0. The molecule has 0 saturated carbocycles. The minimum absolute atomic E-state index is 0.00809. The van der Waals surface area contributed by atoms with Gasteiger partial charge in [0.05, 0.1) is 7.11 Å². The summed E-state index contributed by atoms with van der Waals surface area (Å²) in [5, 5.41) is 83.7. The van der Waals surface area contributed by atoms with Crippen LogP contribution in [0, 0.1) is 0 Å². The monoisotopic (exact) mass is 956 g/mol. The van der Waals surface area contributed by atoms with Crippen LogP contribution in [0.15, 0.2) is 115 Å². The van der Waals surface area contributed by atoms with E-state index in [1.54, 1.807) is 0 Å². The highest BCUT2D eigenvalue weighted by Crippen LogP contribution is 2.39. The van der Waals surface area contributed by atoms with Crippen molar-refractivity contribution in [2.24, 2.45) is 0 Å². The summed E-state index contributed by atoms with van der Waals surface area (Å²) < 4.78 is 45.0. The number of benzene rings is 4. The van der Waals surface area contributed by atoms with Crippen LogP contribution in [-0.4, -0.2) is 146 Å². The molecule has 0 aliphatic carbocycles. The van der Waals surface area contributed by atoms with Crippen molar-refractivity contribution in [2.75, 3.05) is 26.9 Å². The lowest BCUT2D eigenvalue weighted by Gasteiger charge is -2.43. The lowest BCUT2D eigenvalue weighted by atomic mass is 9.98. The van der Waals surface area contributed by atoms with Crippen molar-refractivity contribution >= 4 is 48.2 Å². The Morgan fingerprint density at radius 2 is 1.00 bits per heavy atom. The summed E-state index contributed by atoms with van der Waals surface area (Å²) in [6.45, 7) is -2.57. The van der Waals surface area contributed by atoms with Crippen LogP contribution in [0.2, 0.25) is 0 Å². The molecule has 2 fully saturated rings. The molecule has 2 heterocycles. The Morgan fingerprint density at radius 3 is 1.51 bits per heavy atom. The molecule has 20 nitrogen and oxygen atoms in total. The molecular formula is C49H48O20. The van der Waals surface area contributed by atoms with Crippen molar-refractivity contribution in [1.29, 1.82) is 0 Å². The first-order valence-electron chi connectivity index (χ1n) is 20.9. The maximum Gasteiger partial charge on any atom is 0.331 e. The summed E-state index contributed by atoms with van der Waals surface area (Å²) >= 11 is 0. The van der Waals surface area contributed by atoms with E-state index in [1.165, 1.54) is 122 Å². The number of methoxy groups -OCH3 is 1. The second-order valence-corrected chi connectivity index (χ2v) is 15.4. The van der Waals surface area contributed by atoms with Crippen LogP contribution in [-0.2, 0) is 52.3 Å². The van der Waals surface area contributed by atoms with E-state index in [0.717, 1.165) is 24.3 Å². The first-order chi connectivity index (χ1) is 33.0. The molecule has 2 aliphatic heterocycles. The number of hydrogen-bond acceptors (Lipinski definition) is 20. The van der Waals surface area contributed by atoms with Gasteiger partial charge in [0.2, 0.25) is 5.79 Å². The summed E-state index contributed by atoms with van der Waals surface area (Å²) in [5.41, 5.74) is 1.85. The van der Waals surface area contributed by atoms with E-state index < -0.39 is 98.5 Å². The van der Waals surface area contributed by atoms with Gasteiger partial charge in [-0.3, -0.25) is 0 Å². The molecule has 6 rings (SSSR count). The second-order valence-electron chi connectivity index (χ2n) is 15.4. The van der Waals surface area contributed by atoms with Crippen molar-refractivity contribution < 1.29 is 97.9 Å². The quantitative estimate of drug-likeness (QED) is 0.0404. The number of esters is 4. The molecule has 2 aliphatic rings. The maximum atomic E-state index is 13.5. The Balaban J connectivity index is 1.27. The normalized spacial score (nSPS) is 24.7. The number of carbonyl (C=O) groups is 4. The van der Waals surface area contributed by atoms with Crippen molar-refractivity contribution in [2.45, 2.75) is 54.8 Å². The summed E-state index contributed by atoms with van der Waals surface area (Å²) in [5.74, 6) is -6.87. The van der Waals surface area contributed by atoms with Crippen molar-refractivity contribution in [3.8, 4) is 28.7 Å². The lowest BCUT2D eigenvalue weighted by Crippen LogP contribution is -2.63. The number of hydrogen-bond donors (Lipinski definition) is 8. The number of phenolic OH excluding ortho intramolecular Hbond substituents is 4. The van der Waals surface area contributed by atoms with E-state index in [1.807, 2.05) is 0 Å². The number of aliphatic hydroxyl groups is 4. The van der Waals surface area contributed by atoms with Gasteiger partial charge in [-0.05, 0) is 95.1 Å². The fourth-order valence-corrected chi connectivity index (χ4v) is 6.75. The van der Waals surface area contributed by atoms with Gasteiger partial charge in [0.15, 0.2) is 23.9 Å². The first kappa shape index (κ1) is 50.8. The summed E-state index contributed by atoms with van der Waals surface area (Å²) in [7, 11) is 1.34. The molecular weight excluding hydrogens is 909 g/mol. The van der Waals surface area contributed by atoms with Gasteiger partial charge in [0.25, 0.3) is 0 Å². The first-order valence-corrected chi connectivity index (χ1v) is 20.9. The molecule has 2 saturated heterocycles. The average molecular weight is 957 g/mol. The molecule has 20 heteroatoms. The van der Waals surface area contributed by atoms with Crippen LogP contribution >= 0.6 is 0 Å². The predicted octanol–water partition coefficient (Wildman–Crippen LogP) is 2.49. The largest absolute Gasteiger partial charge is 0.508 e. The Kier molecular flexibility index (Phi) is 17.3. The topological polar surface area (TPSA) is 304 Å². The van der Waals surface area contributed by atoms with E-state index in [0.29, 0.717) is 22.3 Å². The van der Waals surface area contributed by atoms with Gasteiger partial charge in [-0.2, -0.15) is 0 Å². The Bertz CT molecular complexity index is 2520. The van der Waals surface area contributed by atoms with Gasteiger partial charge in [-0.25, -0.2) is 19.2 Å². The number of aliphatic hydroxyl groups excluding tert-OH is 4. The van der Waals surface area contributed by atoms with E-state index in [2.05, 4.69) is 0 Å². The molecule has 0 radical (unpaired) electrons. The van der Waals surface area contributed by atoms with Crippen LogP contribution < -0.4 is 4.74 Å². The smallest absolute Gasteiger partial charge is 0.331 e. The Hall–Kier alpha value is -7.56. The summed E-state index contributed by atoms with van der Waals surface area (Å²) in [4.78, 5) is 52.4. The van der Waals surface area contributed by atoms with E-state index >= 15 is 0 Å². The number of carbonyl (C=O) groups excluding carboxylic acids is 4. The average Bonchev–Trinajstić information content (AvgIpc) is 3.59. The van der Waals surface area contributed by atoms with Crippen LogP contribution in [0.1, 0.15) is 22.3 Å². The van der Waals surface area contributed by atoms with Gasteiger partial charge in [-0.1, -0.05) is 42.5 Å². The van der Waals surface area contributed by atoms with Gasteiger partial charge in [0.1, 0.15) is 73.7 Å². The van der Waals surface area contributed by atoms with E-state index in [4.69, 9.17) is 37.9 Å². The van der Waals surface area contributed by atoms with Crippen LogP contribution in [0.4, 0.5) is 0 Å². The van der Waals surface area contributed by atoms with Crippen molar-refractivity contribution in [3.05, 3.63) is 138 Å². The SMILES string of the molecule is COc1cc(C=CC(=O)OC[C@H]2O[C@@H](O[C@]3(COC(=O)C=Cc4ccc(O)cc4)O[C@H](COC(=O)C=Cc4ccc(O)cc4)[C@@H](O)[C@@H]3OC(=O)C=Cc3ccc(O)cc3)[C@H](O)[C@@H](O)[C@@H]2O)ccc1O. The Labute approximate surface area is 393 Å². The molecule has 364 valence electrons. The van der Waals surface area contributed by atoms with Gasteiger partial charge >= 0.3 is 23.9 Å². The zero-order chi connectivity index (χ0) is 49.7. The molecule has 9 atom stereocenters. The minimum atomic E-state index is -2.69. The van der Waals surface area contributed by atoms with Gasteiger partial charge in [0, 0.05) is 24.3 Å². The molecule has 4 aromatic carbocycles. The van der Waals surface area contributed by atoms with E-state index in [-0.39, 0.29) is 28.7 Å². The van der Waals surface area contributed by atoms with Gasteiger partial charge < -0.3 is 78.7 Å². The third-order valence-electron chi connectivity index (χ3n) is 10.4. The molecule has 0 amide bonds.